The maximum atomic E-state index is 12.5. The molecule has 0 saturated carbocycles. The van der Waals surface area contributed by atoms with E-state index in [0.717, 1.165) is 5.56 Å². The summed E-state index contributed by atoms with van der Waals surface area (Å²) in [6.07, 6.45) is 4.14. The molecule has 5 rings (SSSR count). The number of nitro groups is 1. The average molecular weight is 454 g/mol. The van der Waals surface area contributed by atoms with Gasteiger partial charge < -0.3 is 4.74 Å². The molecule has 0 radical (unpaired) electrons. The molecule has 2 aromatic carbocycles. The lowest BCUT2D eigenvalue weighted by Gasteiger charge is -2.19. The molecule has 0 N–H and O–H groups in total. The predicted molar refractivity (Wildman–Crippen MR) is 123 cm³/mol. The molecule has 0 saturated heterocycles. The van der Waals surface area contributed by atoms with Crippen LogP contribution in [0.5, 0.6) is 0 Å². The zero-order valence-electron chi connectivity index (χ0n) is 18.0. The third kappa shape index (κ3) is 3.88. The molecule has 168 valence electrons. The Morgan fingerprint density at radius 1 is 1.03 bits per heavy atom. The Bertz CT molecular complexity index is 1380. The molecule has 0 spiro atoms. The summed E-state index contributed by atoms with van der Waals surface area (Å²) in [5.74, 6) is -0.0265. The van der Waals surface area contributed by atoms with Crippen LogP contribution in [0.4, 0.5) is 5.69 Å². The van der Waals surface area contributed by atoms with E-state index in [-0.39, 0.29) is 17.5 Å². The fourth-order valence-electron chi connectivity index (χ4n) is 3.62. The molecule has 3 heterocycles. The number of carbonyl (C=O) groups excluding carboxylic acids is 1. The van der Waals surface area contributed by atoms with E-state index in [1.165, 1.54) is 24.1 Å². The largest absolute Gasteiger partial charge is 0.445 e. The topological polar surface area (TPSA) is 116 Å². The fourth-order valence-corrected chi connectivity index (χ4v) is 3.62. The van der Waals surface area contributed by atoms with Gasteiger partial charge in [-0.3, -0.25) is 19.9 Å². The van der Waals surface area contributed by atoms with Crippen molar-refractivity contribution >= 4 is 17.5 Å². The van der Waals surface area contributed by atoms with Crippen LogP contribution in [0.3, 0.4) is 0 Å². The molecule has 10 nitrogen and oxygen atoms in total. The van der Waals surface area contributed by atoms with Crippen molar-refractivity contribution in [1.29, 1.82) is 0 Å². The van der Waals surface area contributed by atoms with E-state index in [4.69, 9.17) is 9.84 Å². The van der Waals surface area contributed by atoms with Gasteiger partial charge in [0, 0.05) is 43.2 Å². The second kappa shape index (κ2) is 8.58. The van der Waals surface area contributed by atoms with Gasteiger partial charge in [-0.25, -0.2) is 4.68 Å². The molecule has 34 heavy (non-hydrogen) atoms. The normalized spacial score (nSPS) is 15.0. The maximum absolute atomic E-state index is 12.5. The van der Waals surface area contributed by atoms with E-state index < -0.39 is 11.2 Å². The Labute approximate surface area is 193 Å². The van der Waals surface area contributed by atoms with Crippen molar-refractivity contribution in [2.75, 3.05) is 0 Å². The zero-order chi connectivity index (χ0) is 23.7. The van der Waals surface area contributed by atoms with Crippen LogP contribution in [0, 0.1) is 10.1 Å². The number of hydrogen-bond donors (Lipinski definition) is 0. The summed E-state index contributed by atoms with van der Waals surface area (Å²) < 4.78 is 7.74. The standard InChI is InChI=1S/C24H18N6O4/c1-16(31)29-24(34-23(27-29)18-8-5-13-25-14-18)21-15-28(19-9-11-20(12-10-19)30(32)33)26-22(21)17-6-3-2-4-7-17/h2-15,24H,1H3. The van der Waals surface area contributed by atoms with Crippen molar-refractivity contribution in [3.63, 3.8) is 0 Å². The number of carbonyl (C=O) groups is 1. The lowest BCUT2D eigenvalue weighted by molar-refractivity contribution is -0.384. The smallest absolute Gasteiger partial charge is 0.269 e. The Kier molecular flexibility index (Phi) is 5.30. The molecule has 1 aliphatic rings. The zero-order valence-corrected chi connectivity index (χ0v) is 18.0. The van der Waals surface area contributed by atoms with Crippen LogP contribution in [-0.2, 0) is 9.53 Å². The number of nitro benzene ring substituents is 1. The highest BCUT2D eigenvalue weighted by Gasteiger charge is 2.36. The number of rotatable bonds is 5. The molecular weight excluding hydrogens is 436 g/mol. The van der Waals surface area contributed by atoms with Gasteiger partial charge in [0.05, 0.1) is 21.7 Å². The minimum absolute atomic E-state index is 0.0178. The lowest BCUT2D eigenvalue weighted by Crippen LogP contribution is -2.25. The first kappa shape index (κ1) is 21.0. The monoisotopic (exact) mass is 454 g/mol. The fraction of sp³-hybridized carbons (Fsp3) is 0.0833. The molecule has 10 heteroatoms. The number of amides is 1. The highest BCUT2D eigenvalue weighted by Crippen LogP contribution is 2.36. The van der Waals surface area contributed by atoms with Crippen LogP contribution in [0.15, 0.2) is 90.4 Å². The second-order valence-corrected chi connectivity index (χ2v) is 7.50. The van der Waals surface area contributed by atoms with Crippen LogP contribution in [0.2, 0.25) is 0 Å². The quantitative estimate of drug-likeness (QED) is 0.331. The van der Waals surface area contributed by atoms with Crippen LogP contribution < -0.4 is 0 Å². The van der Waals surface area contributed by atoms with Gasteiger partial charge in [-0.1, -0.05) is 30.3 Å². The number of aromatic nitrogens is 3. The van der Waals surface area contributed by atoms with E-state index in [2.05, 4.69) is 10.1 Å². The third-order valence-corrected chi connectivity index (χ3v) is 5.26. The van der Waals surface area contributed by atoms with Crippen molar-refractivity contribution in [2.45, 2.75) is 13.2 Å². The van der Waals surface area contributed by atoms with Crippen molar-refractivity contribution in [3.8, 4) is 16.9 Å². The predicted octanol–water partition coefficient (Wildman–Crippen LogP) is 4.08. The van der Waals surface area contributed by atoms with Gasteiger partial charge in [-0.05, 0) is 24.3 Å². The Hall–Kier alpha value is -4.86. The maximum Gasteiger partial charge on any atom is 0.269 e. The number of hydrogen-bond acceptors (Lipinski definition) is 7. The molecule has 0 fully saturated rings. The number of nitrogens with zero attached hydrogens (tertiary/aromatic N) is 6. The Morgan fingerprint density at radius 2 is 1.76 bits per heavy atom. The SMILES string of the molecule is CC(=O)N1N=C(c2cccnc2)OC1c1cn(-c2ccc([N+](=O)[O-])cc2)nc1-c1ccccc1. The first-order valence-electron chi connectivity index (χ1n) is 10.4. The van der Waals surface area contributed by atoms with E-state index in [9.17, 15) is 14.9 Å². The van der Waals surface area contributed by atoms with E-state index in [1.54, 1.807) is 47.5 Å². The van der Waals surface area contributed by atoms with Crippen molar-refractivity contribution in [1.82, 2.24) is 19.8 Å². The van der Waals surface area contributed by atoms with Gasteiger partial charge in [-0.15, -0.1) is 5.10 Å². The van der Waals surface area contributed by atoms with E-state index in [0.29, 0.717) is 22.5 Å². The third-order valence-electron chi connectivity index (χ3n) is 5.26. The molecule has 2 aromatic heterocycles. The molecular formula is C24H18N6O4. The summed E-state index contributed by atoms with van der Waals surface area (Å²) >= 11 is 0. The molecule has 1 atom stereocenters. The Morgan fingerprint density at radius 3 is 2.41 bits per heavy atom. The van der Waals surface area contributed by atoms with Crippen molar-refractivity contribution < 1.29 is 14.5 Å². The van der Waals surface area contributed by atoms with Crippen molar-refractivity contribution in [3.05, 3.63) is 107 Å². The molecule has 1 amide bonds. The summed E-state index contributed by atoms with van der Waals surface area (Å²) in [6.45, 7) is 1.41. The van der Waals surface area contributed by atoms with Gasteiger partial charge in [0.15, 0.2) is 0 Å². The molecule has 1 unspecified atom stereocenters. The Balaban J connectivity index is 1.60. The summed E-state index contributed by atoms with van der Waals surface area (Å²) in [6, 6.07) is 19.1. The summed E-state index contributed by atoms with van der Waals surface area (Å²) in [4.78, 5) is 27.1. The molecule has 0 aliphatic carbocycles. The van der Waals surface area contributed by atoms with Crippen molar-refractivity contribution in [2.24, 2.45) is 5.10 Å². The number of non-ortho nitro benzene ring substituents is 1. The first-order chi connectivity index (χ1) is 16.5. The van der Waals surface area contributed by atoms with Gasteiger partial charge >= 0.3 is 0 Å². The minimum atomic E-state index is -0.852. The van der Waals surface area contributed by atoms with E-state index in [1.807, 2.05) is 30.3 Å². The summed E-state index contributed by atoms with van der Waals surface area (Å²) in [7, 11) is 0. The summed E-state index contributed by atoms with van der Waals surface area (Å²) in [5.41, 5.74) is 3.27. The highest BCUT2D eigenvalue weighted by molar-refractivity contribution is 5.96. The second-order valence-electron chi connectivity index (χ2n) is 7.50. The van der Waals surface area contributed by atoms with Gasteiger partial charge in [0.1, 0.15) is 5.69 Å². The number of pyridine rings is 1. The van der Waals surface area contributed by atoms with Gasteiger partial charge in [0.25, 0.3) is 5.69 Å². The lowest BCUT2D eigenvalue weighted by atomic mass is 10.1. The molecule has 4 aromatic rings. The number of hydrazone groups is 1. The highest BCUT2D eigenvalue weighted by atomic mass is 16.6. The van der Waals surface area contributed by atoms with Crippen LogP contribution in [0.25, 0.3) is 16.9 Å². The van der Waals surface area contributed by atoms with Crippen LogP contribution >= 0.6 is 0 Å². The van der Waals surface area contributed by atoms with Gasteiger partial charge in [-0.2, -0.15) is 10.1 Å². The molecule has 1 aliphatic heterocycles. The van der Waals surface area contributed by atoms with Crippen LogP contribution in [-0.4, -0.2) is 36.5 Å². The summed E-state index contributed by atoms with van der Waals surface area (Å²) in [5, 5.41) is 21.4. The molecule has 0 bridgehead atoms. The average Bonchev–Trinajstić information content (AvgIpc) is 3.50. The minimum Gasteiger partial charge on any atom is -0.445 e. The van der Waals surface area contributed by atoms with Crippen LogP contribution in [0.1, 0.15) is 24.3 Å². The first-order valence-corrected chi connectivity index (χ1v) is 10.4. The number of benzene rings is 2. The van der Waals surface area contributed by atoms with Gasteiger partial charge in [0.2, 0.25) is 18.0 Å². The number of ether oxygens (including phenoxy) is 1. The van der Waals surface area contributed by atoms with E-state index >= 15 is 0 Å².